The van der Waals surface area contributed by atoms with E-state index >= 15 is 0 Å². The number of halogens is 2. The van der Waals surface area contributed by atoms with Gasteiger partial charge >= 0.3 is 0 Å². The lowest BCUT2D eigenvalue weighted by Crippen LogP contribution is -2.08. The average Bonchev–Trinajstić information content (AvgIpc) is 2.20. The van der Waals surface area contributed by atoms with E-state index in [1.807, 2.05) is 18.2 Å². The second-order valence-electron chi connectivity index (χ2n) is 3.20. The van der Waals surface area contributed by atoms with E-state index in [1.54, 1.807) is 0 Å². The first-order chi connectivity index (χ1) is 6.72. The fourth-order valence-corrected chi connectivity index (χ4v) is 1.98. The molecule has 0 amide bonds. The highest BCUT2D eigenvalue weighted by molar-refractivity contribution is 6.50. The number of hydrogen-bond donors (Lipinski definition) is 0. The van der Waals surface area contributed by atoms with Gasteiger partial charge in [-0.05, 0) is 30.2 Å². The van der Waals surface area contributed by atoms with Crippen molar-refractivity contribution in [1.29, 1.82) is 0 Å². The third-order valence-corrected chi connectivity index (χ3v) is 3.02. The van der Waals surface area contributed by atoms with Crippen molar-refractivity contribution in [2.75, 3.05) is 6.61 Å². The second kappa shape index (κ2) is 3.84. The highest BCUT2D eigenvalue weighted by atomic mass is 35.5. The number of hydrogen-bond acceptors (Lipinski definition) is 1. The molecule has 1 aliphatic heterocycles. The van der Waals surface area contributed by atoms with Crippen molar-refractivity contribution in [3.63, 3.8) is 0 Å². The van der Waals surface area contributed by atoms with Gasteiger partial charge in [-0.1, -0.05) is 30.1 Å². The highest BCUT2D eigenvalue weighted by Crippen LogP contribution is 2.37. The van der Waals surface area contributed by atoms with Crippen LogP contribution in [0.4, 0.5) is 0 Å². The monoisotopic (exact) mass is 228 g/mol. The van der Waals surface area contributed by atoms with Crippen LogP contribution in [0.5, 0.6) is 5.75 Å². The normalized spacial score (nSPS) is 15.1. The van der Waals surface area contributed by atoms with Gasteiger partial charge in [0.2, 0.25) is 0 Å². The molecule has 0 unspecified atom stereocenters. The van der Waals surface area contributed by atoms with Crippen LogP contribution in [0.25, 0.3) is 5.03 Å². The van der Waals surface area contributed by atoms with Crippen molar-refractivity contribution < 1.29 is 4.74 Å². The van der Waals surface area contributed by atoms with E-state index in [-0.39, 0.29) is 0 Å². The van der Waals surface area contributed by atoms with Crippen LogP contribution in [-0.2, 0) is 0 Å². The van der Waals surface area contributed by atoms with Crippen molar-refractivity contribution in [1.82, 2.24) is 0 Å². The Morgan fingerprint density at radius 3 is 2.86 bits per heavy atom. The van der Waals surface area contributed by atoms with Crippen LogP contribution < -0.4 is 4.74 Å². The van der Waals surface area contributed by atoms with Gasteiger partial charge in [0.15, 0.2) is 0 Å². The van der Waals surface area contributed by atoms with Crippen molar-refractivity contribution in [2.45, 2.75) is 13.3 Å². The summed E-state index contributed by atoms with van der Waals surface area (Å²) in [4.78, 5) is 0. The van der Waals surface area contributed by atoms with Gasteiger partial charge in [0.1, 0.15) is 12.4 Å². The van der Waals surface area contributed by atoms with Crippen molar-refractivity contribution in [3.05, 3.63) is 34.4 Å². The van der Waals surface area contributed by atoms with Crippen LogP contribution in [-0.4, -0.2) is 6.61 Å². The van der Waals surface area contributed by atoms with Crippen LogP contribution in [0.2, 0.25) is 5.02 Å². The van der Waals surface area contributed by atoms with Gasteiger partial charge in [-0.2, -0.15) is 0 Å². The molecule has 1 aromatic carbocycles. The molecule has 1 aliphatic rings. The van der Waals surface area contributed by atoms with Gasteiger partial charge in [-0.25, -0.2) is 0 Å². The Kier molecular flexibility index (Phi) is 2.71. The Morgan fingerprint density at radius 1 is 1.36 bits per heavy atom. The first-order valence-corrected chi connectivity index (χ1v) is 5.28. The molecule has 0 aromatic heterocycles. The van der Waals surface area contributed by atoms with E-state index in [0.29, 0.717) is 11.6 Å². The molecule has 0 spiro atoms. The fraction of sp³-hybridized carbons (Fsp3) is 0.273. The highest BCUT2D eigenvalue weighted by Gasteiger charge is 2.17. The zero-order valence-corrected chi connectivity index (χ0v) is 9.32. The van der Waals surface area contributed by atoms with Crippen LogP contribution in [0.3, 0.4) is 0 Å². The molecule has 1 aromatic rings. The largest absolute Gasteiger partial charge is 0.489 e. The quantitative estimate of drug-likeness (QED) is 0.704. The summed E-state index contributed by atoms with van der Waals surface area (Å²) in [5.74, 6) is 0.816. The molecular weight excluding hydrogens is 219 g/mol. The molecule has 0 radical (unpaired) electrons. The first-order valence-electron chi connectivity index (χ1n) is 4.52. The predicted octanol–water partition coefficient (Wildman–Crippen LogP) is 4.09. The maximum absolute atomic E-state index is 6.23. The summed E-state index contributed by atoms with van der Waals surface area (Å²) < 4.78 is 5.55. The molecule has 0 bridgehead atoms. The van der Waals surface area contributed by atoms with Gasteiger partial charge in [0, 0.05) is 10.6 Å². The summed E-state index contributed by atoms with van der Waals surface area (Å²) in [6, 6.07) is 5.50. The van der Waals surface area contributed by atoms with Gasteiger partial charge < -0.3 is 4.74 Å². The van der Waals surface area contributed by atoms with E-state index in [9.17, 15) is 0 Å². The van der Waals surface area contributed by atoms with E-state index in [1.165, 1.54) is 0 Å². The zero-order valence-electron chi connectivity index (χ0n) is 7.81. The lowest BCUT2D eigenvalue weighted by atomic mass is 10.1. The smallest absolute Gasteiger partial charge is 0.128 e. The second-order valence-corrected chi connectivity index (χ2v) is 4.01. The fourth-order valence-electron chi connectivity index (χ4n) is 1.48. The van der Waals surface area contributed by atoms with E-state index in [2.05, 4.69) is 6.92 Å². The van der Waals surface area contributed by atoms with Crippen molar-refractivity contribution in [2.24, 2.45) is 0 Å². The average molecular weight is 229 g/mol. The minimum absolute atomic E-state index is 0.587. The molecule has 0 saturated carbocycles. The summed E-state index contributed by atoms with van der Waals surface area (Å²) in [6.07, 6.45) is 0.908. The van der Waals surface area contributed by atoms with Crippen molar-refractivity contribution >= 4 is 28.2 Å². The zero-order chi connectivity index (χ0) is 10.1. The molecule has 1 nitrogen and oxygen atoms in total. The van der Waals surface area contributed by atoms with E-state index < -0.39 is 0 Å². The standard InChI is InChI=1S/C11H10Cl2O/c1-2-7-6-14-10-4-3-8(12)5-9(10)11(7)13/h3-5H,2,6H2,1H3. The maximum atomic E-state index is 6.23. The predicted molar refractivity (Wildman–Crippen MR) is 60.0 cm³/mol. The van der Waals surface area contributed by atoms with Crippen LogP contribution in [0.1, 0.15) is 18.9 Å². The number of ether oxygens (including phenoxy) is 1. The Balaban J connectivity index is 2.55. The van der Waals surface area contributed by atoms with Crippen LogP contribution >= 0.6 is 23.2 Å². The Bertz CT molecular complexity index is 396. The molecule has 0 atom stereocenters. The molecule has 3 heteroatoms. The minimum atomic E-state index is 0.587. The molecule has 0 N–H and O–H groups in total. The maximum Gasteiger partial charge on any atom is 0.128 e. The van der Waals surface area contributed by atoms with Gasteiger partial charge in [-0.15, -0.1) is 0 Å². The Hall–Kier alpha value is -0.660. The van der Waals surface area contributed by atoms with Crippen LogP contribution in [0, 0.1) is 0 Å². The first kappa shape index (κ1) is 9.88. The summed E-state index contributed by atoms with van der Waals surface area (Å²) in [7, 11) is 0. The molecule has 0 saturated heterocycles. The molecule has 14 heavy (non-hydrogen) atoms. The lowest BCUT2D eigenvalue weighted by molar-refractivity contribution is 0.343. The number of benzene rings is 1. The summed E-state index contributed by atoms with van der Waals surface area (Å²) >= 11 is 12.1. The van der Waals surface area contributed by atoms with Gasteiger partial charge in [0.05, 0.1) is 5.03 Å². The molecule has 1 heterocycles. The van der Waals surface area contributed by atoms with E-state index in [0.717, 1.165) is 28.3 Å². The lowest BCUT2D eigenvalue weighted by Gasteiger charge is -2.20. The molecule has 74 valence electrons. The molecule has 2 rings (SSSR count). The third-order valence-electron chi connectivity index (χ3n) is 2.32. The van der Waals surface area contributed by atoms with Crippen molar-refractivity contribution in [3.8, 4) is 5.75 Å². The molecule has 0 aliphatic carbocycles. The van der Waals surface area contributed by atoms with E-state index in [4.69, 9.17) is 27.9 Å². The molecular formula is C11H10Cl2O. The number of rotatable bonds is 1. The topological polar surface area (TPSA) is 9.23 Å². The van der Waals surface area contributed by atoms with Gasteiger partial charge in [-0.3, -0.25) is 0 Å². The third kappa shape index (κ3) is 1.62. The summed E-state index contributed by atoms with van der Waals surface area (Å²) in [5.41, 5.74) is 2.03. The summed E-state index contributed by atoms with van der Waals surface area (Å²) in [6.45, 7) is 2.65. The van der Waals surface area contributed by atoms with Crippen LogP contribution in [0.15, 0.2) is 23.8 Å². The van der Waals surface area contributed by atoms with Gasteiger partial charge in [0.25, 0.3) is 0 Å². The SMILES string of the molecule is CCC1=C(Cl)c2cc(Cl)ccc2OC1. The molecule has 0 fully saturated rings. The summed E-state index contributed by atoms with van der Waals surface area (Å²) in [5, 5.41) is 1.47. The Labute approximate surface area is 93.3 Å². The number of fused-ring (bicyclic) bond motifs is 1. The minimum Gasteiger partial charge on any atom is -0.489 e. The Morgan fingerprint density at radius 2 is 2.14 bits per heavy atom.